The molecule has 0 aromatic rings. The van der Waals surface area contributed by atoms with E-state index >= 15 is 0 Å². The summed E-state index contributed by atoms with van der Waals surface area (Å²) in [6.07, 6.45) is 15.3. The van der Waals surface area contributed by atoms with E-state index in [1.807, 2.05) is 0 Å². The van der Waals surface area contributed by atoms with Crippen molar-refractivity contribution in [2.75, 3.05) is 13.1 Å². The lowest BCUT2D eigenvalue weighted by Crippen LogP contribution is -2.47. The van der Waals surface area contributed by atoms with Crippen LogP contribution in [0.15, 0.2) is 0 Å². The smallest absolute Gasteiger partial charge is 0.0247 e. The van der Waals surface area contributed by atoms with Gasteiger partial charge in [-0.3, -0.25) is 4.90 Å². The van der Waals surface area contributed by atoms with Gasteiger partial charge >= 0.3 is 0 Å². The van der Waals surface area contributed by atoms with Crippen molar-refractivity contribution < 1.29 is 0 Å². The zero-order valence-corrected chi connectivity index (χ0v) is 14.5. The van der Waals surface area contributed by atoms with Crippen LogP contribution in [0.4, 0.5) is 0 Å². The molecule has 1 saturated carbocycles. The second kappa shape index (κ2) is 9.15. The fourth-order valence-electron chi connectivity index (χ4n) is 4.31. The Morgan fingerprint density at radius 3 is 1.95 bits per heavy atom. The van der Waals surface area contributed by atoms with Crippen LogP contribution >= 0.6 is 0 Å². The Balaban J connectivity index is 1.89. The zero-order valence-electron chi connectivity index (χ0n) is 14.5. The van der Waals surface area contributed by atoms with Crippen LogP contribution in [-0.2, 0) is 0 Å². The molecule has 2 rings (SSSR count). The quantitative estimate of drug-likeness (QED) is 0.808. The van der Waals surface area contributed by atoms with E-state index in [4.69, 9.17) is 5.73 Å². The summed E-state index contributed by atoms with van der Waals surface area (Å²) in [4.78, 5) is 2.75. The second-order valence-corrected chi connectivity index (χ2v) is 7.92. The summed E-state index contributed by atoms with van der Waals surface area (Å²) in [5, 5.41) is 0. The number of nitrogens with two attached hydrogens (primary N) is 1. The third-order valence-electron chi connectivity index (χ3n) is 5.95. The summed E-state index contributed by atoms with van der Waals surface area (Å²) in [5.41, 5.74) is 6.62. The van der Waals surface area contributed by atoms with E-state index in [2.05, 4.69) is 18.7 Å². The third kappa shape index (κ3) is 5.56. The van der Waals surface area contributed by atoms with E-state index in [0.29, 0.717) is 12.1 Å². The molecule has 3 atom stereocenters. The summed E-state index contributed by atoms with van der Waals surface area (Å²) in [5.74, 6) is 1.73. The molecule has 1 saturated heterocycles. The number of hydrogen-bond donors (Lipinski definition) is 1. The molecule has 0 radical (unpaired) electrons. The second-order valence-electron chi connectivity index (χ2n) is 7.92. The normalized spacial score (nSPS) is 34.6. The van der Waals surface area contributed by atoms with Gasteiger partial charge in [-0.15, -0.1) is 0 Å². The lowest BCUT2D eigenvalue weighted by molar-refractivity contribution is 0.176. The molecule has 0 bridgehead atoms. The monoisotopic (exact) mass is 294 g/mol. The van der Waals surface area contributed by atoms with Gasteiger partial charge in [0.2, 0.25) is 0 Å². The molecule has 2 N–H and O–H groups in total. The van der Waals surface area contributed by atoms with Crippen molar-refractivity contribution in [3.05, 3.63) is 0 Å². The summed E-state index contributed by atoms with van der Waals surface area (Å²) < 4.78 is 0. The molecule has 1 heterocycles. The first-order valence-electron chi connectivity index (χ1n) is 9.68. The number of likely N-dealkylation sites (tertiary alicyclic amines) is 1. The predicted molar refractivity (Wildman–Crippen MR) is 92.5 cm³/mol. The molecule has 2 aliphatic rings. The van der Waals surface area contributed by atoms with Crippen LogP contribution in [0.1, 0.15) is 84.5 Å². The molecule has 2 heteroatoms. The fourth-order valence-corrected chi connectivity index (χ4v) is 4.31. The topological polar surface area (TPSA) is 29.3 Å². The SMILES string of the molecule is CC(C)C1CCN(C2CCCCCCCCCCC2N)C1. The number of nitrogens with zero attached hydrogens (tertiary/aromatic N) is 1. The molecule has 21 heavy (non-hydrogen) atoms. The van der Waals surface area contributed by atoms with E-state index < -0.39 is 0 Å². The van der Waals surface area contributed by atoms with E-state index in [1.165, 1.54) is 83.7 Å². The molecule has 0 amide bonds. The van der Waals surface area contributed by atoms with Crippen LogP contribution in [0.3, 0.4) is 0 Å². The Hall–Kier alpha value is -0.0800. The van der Waals surface area contributed by atoms with E-state index in [9.17, 15) is 0 Å². The average Bonchev–Trinajstić information content (AvgIpc) is 2.92. The Bertz CT molecular complexity index is 277. The van der Waals surface area contributed by atoms with Crippen molar-refractivity contribution in [3.63, 3.8) is 0 Å². The highest BCUT2D eigenvalue weighted by Gasteiger charge is 2.32. The molecule has 1 aliphatic carbocycles. The summed E-state index contributed by atoms with van der Waals surface area (Å²) >= 11 is 0. The van der Waals surface area contributed by atoms with Crippen LogP contribution in [0.25, 0.3) is 0 Å². The summed E-state index contributed by atoms with van der Waals surface area (Å²) in [7, 11) is 0. The van der Waals surface area contributed by atoms with Gasteiger partial charge in [0.05, 0.1) is 0 Å². The average molecular weight is 295 g/mol. The first kappa shape index (κ1) is 17.3. The maximum atomic E-state index is 6.62. The van der Waals surface area contributed by atoms with Gasteiger partial charge in [-0.25, -0.2) is 0 Å². The van der Waals surface area contributed by atoms with Gasteiger partial charge in [0.15, 0.2) is 0 Å². The van der Waals surface area contributed by atoms with Crippen molar-refractivity contribution in [3.8, 4) is 0 Å². The molecule has 2 fully saturated rings. The summed E-state index contributed by atoms with van der Waals surface area (Å²) in [6, 6.07) is 1.07. The van der Waals surface area contributed by atoms with E-state index in [-0.39, 0.29) is 0 Å². The van der Waals surface area contributed by atoms with Gasteiger partial charge in [0.25, 0.3) is 0 Å². The maximum Gasteiger partial charge on any atom is 0.0247 e. The minimum atomic E-state index is 0.412. The Morgan fingerprint density at radius 2 is 1.38 bits per heavy atom. The van der Waals surface area contributed by atoms with Crippen LogP contribution in [0, 0.1) is 11.8 Å². The van der Waals surface area contributed by atoms with Crippen LogP contribution in [-0.4, -0.2) is 30.1 Å². The van der Waals surface area contributed by atoms with Gasteiger partial charge in [0.1, 0.15) is 0 Å². The molecule has 0 spiro atoms. The molecular weight excluding hydrogens is 256 g/mol. The van der Waals surface area contributed by atoms with Gasteiger partial charge in [-0.1, -0.05) is 65.2 Å². The van der Waals surface area contributed by atoms with Gasteiger partial charge < -0.3 is 5.73 Å². The van der Waals surface area contributed by atoms with Crippen LogP contribution < -0.4 is 5.73 Å². The molecule has 124 valence electrons. The van der Waals surface area contributed by atoms with Crippen LogP contribution in [0.2, 0.25) is 0 Å². The lowest BCUT2D eigenvalue weighted by atomic mass is 9.93. The van der Waals surface area contributed by atoms with Crippen molar-refractivity contribution in [1.82, 2.24) is 4.90 Å². The summed E-state index contributed by atoms with van der Waals surface area (Å²) in [6.45, 7) is 7.36. The first-order chi connectivity index (χ1) is 10.2. The van der Waals surface area contributed by atoms with Crippen molar-refractivity contribution in [1.29, 1.82) is 0 Å². The third-order valence-corrected chi connectivity index (χ3v) is 5.95. The standard InChI is InChI=1S/C19H38N2/c1-16(2)17-13-14-21(15-17)19-12-10-8-6-4-3-5-7-9-11-18(19)20/h16-19H,3-15,20H2,1-2H3. The van der Waals surface area contributed by atoms with Gasteiger partial charge in [-0.2, -0.15) is 0 Å². The molecular formula is C19H38N2. The minimum absolute atomic E-state index is 0.412. The van der Waals surface area contributed by atoms with E-state index in [0.717, 1.165) is 11.8 Å². The molecule has 0 aromatic carbocycles. The molecule has 0 aromatic heterocycles. The highest BCUT2D eigenvalue weighted by molar-refractivity contribution is 4.88. The highest BCUT2D eigenvalue weighted by Crippen LogP contribution is 2.28. The molecule has 1 aliphatic heterocycles. The first-order valence-corrected chi connectivity index (χ1v) is 9.68. The number of rotatable bonds is 2. The van der Waals surface area contributed by atoms with Crippen molar-refractivity contribution in [2.45, 2.75) is 96.6 Å². The fraction of sp³-hybridized carbons (Fsp3) is 1.00. The Morgan fingerprint density at radius 1 is 0.810 bits per heavy atom. The van der Waals surface area contributed by atoms with Crippen LogP contribution in [0.5, 0.6) is 0 Å². The maximum absolute atomic E-state index is 6.62. The molecule has 3 unspecified atom stereocenters. The largest absolute Gasteiger partial charge is 0.326 e. The zero-order chi connectivity index (χ0) is 15.1. The van der Waals surface area contributed by atoms with Crippen molar-refractivity contribution in [2.24, 2.45) is 17.6 Å². The lowest BCUT2D eigenvalue weighted by Gasteiger charge is -2.33. The van der Waals surface area contributed by atoms with Gasteiger partial charge in [-0.05, 0) is 37.6 Å². The minimum Gasteiger partial charge on any atom is -0.326 e. The van der Waals surface area contributed by atoms with E-state index in [1.54, 1.807) is 0 Å². The Kier molecular flexibility index (Phi) is 7.53. The van der Waals surface area contributed by atoms with Gasteiger partial charge in [0, 0.05) is 18.6 Å². The Labute approximate surface area is 132 Å². The highest BCUT2D eigenvalue weighted by atomic mass is 15.2. The predicted octanol–water partition coefficient (Wildman–Crippen LogP) is 4.57. The van der Waals surface area contributed by atoms with Crippen molar-refractivity contribution >= 4 is 0 Å². The number of hydrogen-bond acceptors (Lipinski definition) is 2. The molecule has 2 nitrogen and oxygen atoms in total.